The summed E-state index contributed by atoms with van der Waals surface area (Å²) in [6, 6.07) is 0.964. The van der Waals surface area contributed by atoms with Gasteiger partial charge in [-0.3, -0.25) is 9.59 Å². The van der Waals surface area contributed by atoms with Crippen LogP contribution in [0.2, 0.25) is 65.0 Å². The largest absolute Gasteiger partial charge is 0.469 e. The van der Waals surface area contributed by atoms with Crippen LogP contribution in [0, 0.1) is 11.8 Å². The molecule has 8 heteroatoms. The maximum atomic E-state index is 12.9. The minimum atomic E-state index is -1.74. The minimum absolute atomic E-state index is 0.162. The summed E-state index contributed by atoms with van der Waals surface area (Å²) in [7, 11) is -1.67. The lowest BCUT2D eigenvalue weighted by Gasteiger charge is -2.58. The summed E-state index contributed by atoms with van der Waals surface area (Å²) in [5.74, 6) is -0.978. The van der Waals surface area contributed by atoms with Crippen molar-refractivity contribution in [1.82, 2.24) is 0 Å². The Hall–Kier alpha value is -0.452. The first-order valence-corrected chi connectivity index (χ1v) is 26.0. The molecular formula is C20H44O4Si4. The molecule has 0 spiro atoms. The fourth-order valence-electron chi connectivity index (χ4n) is 6.09. The zero-order chi connectivity index (χ0) is 22.6. The molecule has 0 rings (SSSR count). The van der Waals surface area contributed by atoms with Crippen molar-refractivity contribution in [2.75, 3.05) is 14.2 Å². The zero-order valence-electron chi connectivity index (χ0n) is 20.2. The number of ether oxygens (including phenoxy) is 2. The van der Waals surface area contributed by atoms with E-state index in [1.807, 2.05) is 0 Å². The van der Waals surface area contributed by atoms with E-state index in [2.05, 4.69) is 65.5 Å². The second-order valence-corrected chi connectivity index (χ2v) is 52.5. The van der Waals surface area contributed by atoms with Crippen LogP contribution in [0.1, 0.15) is 12.8 Å². The maximum Gasteiger partial charge on any atom is 0.308 e. The van der Waals surface area contributed by atoms with E-state index in [9.17, 15) is 9.59 Å². The molecular weight excluding hydrogens is 417 g/mol. The van der Waals surface area contributed by atoms with E-state index < -0.39 is 29.4 Å². The predicted octanol–water partition coefficient (Wildman–Crippen LogP) is 5.23. The van der Waals surface area contributed by atoms with Gasteiger partial charge in [0, 0.05) is 29.4 Å². The van der Waals surface area contributed by atoms with Gasteiger partial charge in [-0.15, -0.1) is 6.58 Å². The smallest absolute Gasteiger partial charge is 0.308 e. The molecule has 0 aromatic heterocycles. The lowest BCUT2D eigenvalue weighted by Crippen LogP contribution is -2.83. The van der Waals surface area contributed by atoms with Crippen molar-refractivity contribution in [1.29, 1.82) is 0 Å². The van der Waals surface area contributed by atoms with Crippen LogP contribution in [0.4, 0.5) is 0 Å². The van der Waals surface area contributed by atoms with E-state index in [1.54, 1.807) is 6.08 Å². The molecule has 0 aromatic rings. The van der Waals surface area contributed by atoms with Crippen molar-refractivity contribution < 1.29 is 19.1 Å². The number of allylic oxidation sites excluding steroid dienone is 1. The van der Waals surface area contributed by atoms with Crippen molar-refractivity contribution >= 4 is 41.3 Å². The average Bonchev–Trinajstić information content (AvgIpc) is 2.52. The van der Waals surface area contributed by atoms with Crippen LogP contribution in [0.15, 0.2) is 12.7 Å². The molecule has 0 radical (unpaired) electrons. The Balaban J connectivity index is 6.38. The van der Waals surface area contributed by atoms with Crippen LogP contribution in [0.3, 0.4) is 0 Å². The second kappa shape index (κ2) is 10.0. The van der Waals surface area contributed by atoms with Crippen LogP contribution < -0.4 is 0 Å². The van der Waals surface area contributed by atoms with Gasteiger partial charge in [-0.05, 0) is 18.9 Å². The van der Waals surface area contributed by atoms with E-state index in [0.29, 0.717) is 12.8 Å². The van der Waals surface area contributed by atoms with Crippen molar-refractivity contribution in [3.63, 3.8) is 0 Å². The molecule has 0 aliphatic rings. The minimum Gasteiger partial charge on any atom is -0.469 e. The van der Waals surface area contributed by atoms with E-state index in [-0.39, 0.29) is 23.8 Å². The van der Waals surface area contributed by atoms with Crippen molar-refractivity contribution in [3.05, 3.63) is 12.7 Å². The third-order valence-electron chi connectivity index (χ3n) is 6.48. The van der Waals surface area contributed by atoms with Gasteiger partial charge < -0.3 is 9.47 Å². The number of carbonyl (C=O) groups excluding carboxylic acids is 2. The van der Waals surface area contributed by atoms with Gasteiger partial charge in [-0.1, -0.05) is 65.0 Å². The summed E-state index contributed by atoms with van der Waals surface area (Å²) in [6.45, 7) is 24.7. The van der Waals surface area contributed by atoms with Crippen LogP contribution in [0.5, 0.6) is 0 Å². The van der Waals surface area contributed by atoms with E-state index in [4.69, 9.17) is 9.47 Å². The van der Waals surface area contributed by atoms with Gasteiger partial charge in [0.2, 0.25) is 0 Å². The fourth-order valence-corrected chi connectivity index (χ4v) is 104. The number of hydrogen-bond acceptors (Lipinski definition) is 4. The first kappa shape index (κ1) is 27.5. The van der Waals surface area contributed by atoms with Crippen LogP contribution in [-0.4, -0.2) is 55.6 Å². The lowest BCUT2D eigenvalue weighted by atomic mass is 9.93. The van der Waals surface area contributed by atoms with Crippen molar-refractivity contribution in [3.8, 4) is 0 Å². The molecule has 4 nitrogen and oxygen atoms in total. The lowest BCUT2D eigenvalue weighted by molar-refractivity contribution is -0.149. The van der Waals surface area contributed by atoms with E-state index in [0.717, 1.165) is 6.04 Å². The average molecular weight is 461 g/mol. The Labute approximate surface area is 176 Å². The van der Waals surface area contributed by atoms with Crippen LogP contribution in [0.25, 0.3) is 0 Å². The third kappa shape index (κ3) is 6.03. The Morgan fingerprint density at radius 3 is 1.43 bits per heavy atom. The maximum absolute atomic E-state index is 12.9. The number of methoxy groups -OCH3 is 2. The molecule has 0 fully saturated rings. The van der Waals surface area contributed by atoms with Crippen molar-refractivity contribution in [2.45, 2.75) is 77.8 Å². The summed E-state index contributed by atoms with van der Waals surface area (Å²) < 4.78 is 10.2. The summed E-state index contributed by atoms with van der Waals surface area (Å²) in [4.78, 5) is 25.2. The third-order valence-corrected chi connectivity index (χ3v) is 80.7. The first-order chi connectivity index (χ1) is 12.5. The summed E-state index contributed by atoms with van der Waals surface area (Å²) in [5.41, 5.74) is 0. The molecule has 0 bridgehead atoms. The highest BCUT2D eigenvalue weighted by atomic mass is 29.9. The molecule has 164 valence electrons. The standard InChI is InChI=1S/C20H44O4Si4/c1-13-14-17(19(21)23-2)15-18(20(22)24-3)16-28(25(4,5)6,26(7,8)9)27(10,11)12/h13,17-18H,1,14-16H2,2-12H3. The molecule has 0 heterocycles. The predicted molar refractivity (Wildman–Crippen MR) is 131 cm³/mol. The number of rotatable bonds is 11. The topological polar surface area (TPSA) is 52.6 Å². The SMILES string of the molecule is C=CCC(CC(C[Si]([Si](C)(C)C)([Si](C)(C)C)[Si](C)(C)C)C(=O)OC)C(=O)OC. The van der Waals surface area contributed by atoms with Crippen molar-refractivity contribution in [2.24, 2.45) is 11.8 Å². The molecule has 0 amide bonds. The van der Waals surface area contributed by atoms with Gasteiger partial charge in [0.05, 0.1) is 26.1 Å². The highest BCUT2D eigenvalue weighted by Crippen LogP contribution is 2.43. The molecule has 0 saturated heterocycles. The molecule has 28 heavy (non-hydrogen) atoms. The molecule has 2 unspecified atom stereocenters. The number of hydrogen-bond donors (Lipinski definition) is 0. The number of esters is 2. The highest BCUT2D eigenvalue weighted by molar-refractivity contribution is 7.89. The van der Waals surface area contributed by atoms with Crippen LogP contribution in [-0.2, 0) is 19.1 Å². The summed E-state index contributed by atoms with van der Waals surface area (Å²) >= 11 is 0. The van der Waals surface area contributed by atoms with Gasteiger partial charge in [-0.2, -0.15) is 0 Å². The zero-order valence-corrected chi connectivity index (χ0v) is 24.2. The van der Waals surface area contributed by atoms with Gasteiger partial charge >= 0.3 is 11.9 Å². The van der Waals surface area contributed by atoms with Crippen LogP contribution >= 0.6 is 0 Å². The van der Waals surface area contributed by atoms with E-state index in [1.165, 1.54) is 14.2 Å². The quantitative estimate of drug-likeness (QED) is 0.241. The molecule has 0 N–H and O–H groups in total. The Bertz CT molecular complexity index is 520. The fraction of sp³-hybridized carbons (Fsp3) is 0.800. The van der Waals surface area contributed by atoms with Gasteiger partial charge in [-0.25, -0.2) is 0 Å². The van der Waals surface area contributed by atoms with Gasteiger partial charge in [0.1, 0.15) is 0 Å². The molecule has 2 atom stereocenters. The Morgan fingerprint density at radius 2 is 1.14 bits per heavy atom. The molecule has 0 aromatic carbocycles. The monoisotopic (exact) mass is 460 g/mol. The number of carbonyl (C=O) groups is 2. The molecule has 0 saturated carbocycles. The normalized spacial score (nSPS) is 15.5. The summed E-state index contributed by atoms with van der Waals surface area (Å²) in [6.07, 6.45) is 2.78. The summed E-state index contributed by atoms with van der Waals surface area (Å²) in [5, 5.41) is 0. The highest BCUT2D eigenvalue weighted by Gasteiger charge is 2.62. The Morgan fingerprint density at radius 1 is 0.786 bits per heavy atom. The Kier molecular flexibility index (Phi) is 9.88. The van der Waals surface area contributed by atoms with Gasteiger partial charge in [0.25, 0.3) is 0 Å². The molecule has 0 aliphatic carbocycles. The first-order valence-electron chi connectivity index (χ1n) is 10.3. The molecule has 0 aliphatic heterocycles. The van der Waals surface area contributed by atoms with E-state index >= 15 is 0 Å². The second-order valence-electron chi connectivity index (χ2n) is 11.1. The van der Waals surface area contributed by atoms with Gasteiger partial charge in [0.15, 0.2) is 0 Å².